The van der Waals surface area contributed by atoms with Crippen LogP contribution in [0.3, 0.4) is 0 Å². The minimum atomic E-state index is 0.156. The average molecular weight is 204 g/mol. The Morgan fingerprint density at radius 1 is 1.20 bits per heavy atom. The molecule has 1 rings (SSSR count). The molecule has 0 aromatic heterocycles. The number of rotatable bonds is 3. The smallest absolute Gasteiger partial charge is 0.0644 e. The van der Waals surface area contributed by atoms with Crippen LogP contribution in [0.5, 0.6) is 0 Å². The summed E-state index contributed by atoms with van der Waals surface area (Å²) in [4.78, 5) is 0. The molecule has 82 valence electrons. The van der Waals surface area contributed by atoms with Crippen LogP contribution in [0.15, 0.2) is 17.7 Å². The third kappa shape index (κ3) is 2.93. The van der Waals surface area contributed by atoms with Gasteiger partial charge in [0, 0.05) is 0 Å². The second-order valence-corrected chi connectivity index (χ2v) is 4.13. The molecule has 0 aliphatic heterocycles. The maximum Gasteiger partial charge on any atom is 0.0644 e. The Morgan fingerprint density at radius 2 is 1.73 bits per heavy atom. The van der Waals surface area contributed by atoms with Crippen molar-refractivity contribution in [1.82, 2.24) is 0 Å². The monoisotopic (exact) mass is 204 g/mol. The van der Waals surface area contributed by atoms with Crippen LogP contribution in [0.1, 0.15) is 35.6 Å². The van der Waals surface area contributed by atoms with Crippen molar-refractivity contribution in [3.05, 3.63) is 40.0 Å². The van der Waals surface area contributed by atoms with E-state index in [9.17, 15) is 0 Å². The van der Waals surface area contributed by atoms with Crippen LogP contribution in [-0.2, 0) is 0 Å². The summed E-state index contributed by atoms with van der Waals surface area (Å²) >= 11 is 0. The van der Waals surface area contributed by atoms with Crippen molar-refractivity contribution in [3.8, 4) is 0 Å². The standard InChI is InChI=1S/C14H20O/c1-5-13(9-15)8-14-11(3)6-10(2)7-12(14)4/h6-8,15H,5,9H2,1-4H3. The molecule has 0 unspecified atom stereocenters. The van der Waals surface area contributed by atoms with Crippen molar-refractivity contribution in [2.24, 2.45) is 0 Å². The third-order valence-corrected chi connectivity index (χ3v) is 2.74. The van der Waals surface area contributed by atoms with E-state index in [1.54, 1.807) is 0 Å². The molecule has 0 aliphatic rings. The van der Waals surface area contributed by atoms with E-state index >= 15 is 0 Å². The lowest BCUT2D eigenvalue weighted by Gasteiger charge is -2.09. The summed E-state index contributed by atoms with van der Waals surface area (Å²) in [5.41, 5.74) is 6.21. The Kier molecular flexibility index (Phi) is 4.10. The second kappa shape index (κ2) is 5.13. The molecule has 0 saturated carbocycles. The van der Waals surface area contributed by atoms with Crippen LogP contribution < -0.4 is 0 Å². The van der Waals surface area contributed by atoms with Crippen molar-refractivity contribution in [2.45, 2.75) is 34.1 Å². The minimum Gasteiger partial charge on any atom is -0.392 e. The molecule has 15 heavy (non-hydrogen) atoms. The zero-order valence-corrected chi connectivity index (χ0v) is 10.1. The van der Waals surface area contributed by atoms with Gasteiger partial charge in [-0.2, -0.15) is 0 Å². The first-order chi connectivity index (χ1) is 7.08. The molecule has 1 N–H and O–H groups in total. The fourth-order valence-electron chi connectivity index (χ4n) is 1.88. The first-order valence-corrected chi connectivity index (χ1v) is 5.46. The molecular weight excluding hydrogens is 184 g/mol. The summed E-state index contributed by atoms with van der Waals surface area (Å²) in [6.45, 7) is 8.58. The molecule has 0 spiro atoms. The van der Waals surface area contributed by atoms with Crippen LogP contribution in [0.4, 0.5) is 0 Å². The summed E-state index contributed by atoms with van der Waals surface area (Å²) in [5.74, 6) is 0. The van der Waals surface area contributed by atoms with Crippen molar-refractivity contribution in [2.75, 3.05) is 6.61 Å². The van der Waals surface area contributed by atoms with Gasteiger partial charge in [0.2, 0.25) is 0 Å². The lowest BCUT2D eigenvalue weighted by molar-refractivity contribution is 0.329. The molecule has 0 saturated heterocycles. The third-order valence-electron chi connectivity index (χ3n) is 2.74. The SMILES string of the molecule is CCC(=Cc1c(C)cc(C)cc1C)CO. The molecule has 0 bridgehead atoms. The molecule has 0 amide bonds. The predicted octanol–water partition coefficient (Wildman–Crippen LogP) is 3.40. The lowest BCUT2D eigenvalue weighted by Crippen LogP contribution is -1.93. The van der Waals surface area contributed by atoms with Crippen LogP contribution in [0.2, 0.25) is 0 Å². The maximum absolute atomic E-state index is 9.16. The van der Waals surface area contributed by atoms with Gasteiger partial charge in [0.1, 0.15) is 0 Å². The normalized spacial score (nSPS) is 11.9. The first-order valence-electron chi connectivity index (χ1n) is 5.46. The number of aliphatic hydroxyl groups excluding tert-OH is 1. The molecule has 1 nitrogen and oxygen atoms in total. The highest BCUT2D eigenvalue weighted by Gasteiger charge is 2.02. The highest BCUT2D eigenvalue weighted by molar-refractivity contribution is 5.61. The van der Waals surface area contributed by atoms with Crippen molar-refractivity contribution < 1.29 is 5.11 Å². The van der Waals surface area contributed by atoms with Crippen LogP contribution in [0, 0.1) is 20.8 Å². The molecule has 1 heteroatoms. The summed E-state index contributed by atoms with van der Waals surface area (Å²) in [7, 11) is 0. The van der Waals surface area contributed by atoms with Gasteiger partial charge in [-0.15, -0.1) is 0 Å². The minimum absolute atomic E-state index is 0.156. The van der Waals surface area contributed by atoms with E-state index in [0.717, 1.165) is 12.0 Å². The Morgan fingerprint density at radius 3 is 2.13 bits per heavy atom. The average Bonchev–Trinajstić information content (AvgIpc) is 2.17. The Hall–Kier alpha value is -1.08. The van der Waals surface area contributed by atoms with Crippen molar-refractivity contribution >= 4 is 6.08 Å². The molecule has 0 aliphatic carbocycles. The van der Waals surface area contributed by atoms with E-state index in [-0.39, 0.29) is 6.61 Å². The zero-order valence-electron chi connectivity index (χ0n) is 10.1. The van der Waals surface area contributed by atoms with E-state index < -0.39 is 0 Å². The lowest BCUT2D eigenvalue weighted by atomic mass is 9.97. The van der Waals surface area contributed by atoms with Gasteiger partial charge >= 0.3 is 0 Å². The van der Waals surface area contributed by atoms with Crippen molar-refractivity contribution in [3.63, 3.8) is 0 Å². The number of aliphatic hydroxyl groups is 1. The zero-order chi connectivity index (χ0) is 11.4. The first kappa shape index (κ1) is 12.0. The predicted molar refractivity (Wildman–Crippen MR) is 66.0 cm³/mol. The number of benzene rings is 1. The number of hydrogen-bond donors (Lipinski definition) is 1. The van der Waals surface area contributed by atoms with E-state index in [0.29, 0.717) is 0 Å². The topological polar surface area (TPSA) is 20.2 Å². The van der Waals surface area contributed by atoms with Gasteiger partial charge in [-0.05, 0) is 49.5 Å². The fraction of sp³-hybridized carbons (Fsp3) is 0.429. The van der Waals surface area contributed by atoms with Gasteiger partial charge < -0.3 is 5.11 Å². The highest BCUT2D eigenvalue weighted by Crippen LogP contribution is 2.20. The highest BCUT2D eigenvalue weighted by atomic mass is 16.3. The van der Waals surface area contributed by atoms with Gasteiger partial charge in [-0.3, -0.25) is 0 Å². The van der Waals surface area contributed by atoms with Gasteiger partial charge in [0.25, 0.3) is 0 Å². The number of aryl methyl sites for hydroxylation is 3. The van der Waals surface area contributed by atoms with Crippen LogP contribution in [-0.4, -0.2) is 11.7 Å². The summed E-state index contributed by atoms with van der Waals surface area (Å²) in [5, 5.41) is 9.16. The van der Waals surface area contributed by atoms with Crippen molar-refractivity contribution in [1.29, 1.82) is 0 Å². The van der Waals surface area contributed by atoms with Gasteiger partial charge in [0.15, 0.2) is 0 Å². The van der Waals surface area contributed by atoms with Gasteiger partial charge in [-0.25, -0.2) is 0 Å². The second-order valence-electron chi connectivity index (χ2n) is 4.13. The van der Waals surface area contributed by atoms with Gasteiger partial charge in [0.05, 0.1) is 6.61 Å². The Bertz CT molecular complexity index is 346. The van der Waals surface area contributed by atoms with E-state index in [4.69, 9.17) is 5.11 Å². The molecule has 1 aromatic carbocycles. The largest absolute Gasteiger partial charge is 0.392 e. The molecular formula is C14H20O. The Labute approximate surface area is 92.5 Å². The molecule has 0 atom stereocenters. The molecule has 0 fully saturated rings. The van der Waals surface area contributed by atoms with Crippen LogP contribution >= 0.6 is 0 Å². The summed E-state index contributed by atoms with van der Waals surface area (Å²) < 4.78 is 0. The van der Waals surface area contributed by atoms with E-state index in [1.807, 2.05) is 0 Å². The Balaban J connectivity index is 3.20. The molecule has 0 heterocycles. The van der Waals surface area contributed by atoms with Crippen LogP contribution in [0.25, 0.3) is 6.08 Å². The van der Waals surface area contributed by atoms with Gasteiger partial charge in [-0.1, -0.05) is 30.7 Å². The quantitative estimate of drug-likeness (QED) is 0.800. The van der Waals surface area contributed by atoms with E-state index in [1.165, 1.54) is 22.3 Å². The maximum atomic E-state index is 9.16. The molecule has 0 radical (unpaired) electrons. The molecule has 1 aromatic rings. The van der Waals surface area contributed by atoms with E-state index in [2.05, 4.69) is 45.9 Å². The number of hydrogen-bond acceptors (Lipinski definition) is 1. The summed E-state index contributed by atoms with van der Waals surface area (Å²) in [6.07, 6.45) is 3.02. The fourth-order valence-corrected chi connectivity index (χ4v) is 1.88. The summed E-state index contributed by atoms with van der Waals surface area (Å²) in [6, 6.07) is 4.37.